The van der Waals surface area contributed by atoms with E-state index in [9.17, 15) is 4.79 Å². The Morgan fingerprint density at radius 1 is 1.50 bits per heavy atom. The maximum absolute atomic E-state index is 11.5. The second-order valence-electron chi connectivity index (χ2n) is 3.74. The van der Waals surface area contributed by atoms with Crippen molar-refractivity contribution in [2.75, 3.05) is 0 Å². The normalized spacial score (nSPS) is 10.8. The Bertz CT molecular complexity index is 563. The van der Waals surface area contributed by atoms with Crippen LogP contribution in [0.15, 0.2) is 28.3 Å². The predicted molar refractivity (Wildman–Crippen MR) is 71.9 cm³/mol. The summed E-state index contributed by atoms with van der Waals surface area (Å²) in [6.07, 6.45) is 2.62. The van der Waals surface area contributed by atoms with Gasteiger partial charge in [-0.15, -0.1) is 5.10 Å². The highest BCUT2D eigenvalue weighted by Crippen LogP contribution is 2.19. The Hall–Kier alpha value is -1.27. The zero-order valence-corrected chi connectivity index (χ0v) is 11.5. The molecule has 0 aliphatic rings. The predicted octanol–water partition coefficient (Wildman–Crippen LogP) is 2.32. The number of aromatic amines is 1. The van der Waals surface area contributed by atoms with Crippen molar-refractivity contribution in [1.82, 2.24) is 19.7 Å². The van der Waals surface area contributed by atoms with Crippen molar-refractivity contribution in [2.45, 2.75) is 30.8 Å². The summed E-state index contributed by atoms with van der Waals surface area (Å²) in [5.41, 5.74) is 0.886. The molecule has 2 aromatic rings. The van der Waals surface area contributed by atoms with Crippen molar-refractivity contribution in [3.05, 3.63) is 39.5 Å². The van der Waals surface area contributed by atoms with E-state index in [2.05, 4.69) is 15.2 Å². The van der Waals surface area contributed by atoms with Gasteiger partial charge in [0.05, 0.1) is 0 Å². The molecule has 0 bridgehead atoms. The first-order valence-corrected chi connectivity index (χ1v) is 6.95. The minimum atomic E-state index is -0.159. The molecule has 0 unspecified atom stereocenters. The molecule has 2 aromatic heterocycles. The van der Waals surface area contributed by atoms with Gasteiger partial charge in [0.2, 0.25) is 0 Å². The lowest BCUT2D eigenvalue weighted by Gasteiger charge is -2.03. The number of thioether (sulfide) groups is 1. The van der Waals surface area contributed by atoms with Gasteiger partial charge in [0, 0.05) is 18.5 Å². The van der Waals surface area contributed by atoms with Crippen LogP contribution in [0.3, 0.4) is 0 Å². The fourth-order valence-corrected chi connectivity index (χ4v) is 2.49. The van der Waals surface area contributed by atoms with Crippen molar-refractivity contribution in [1.29, 1.82) is 0 Å². The largest absolute Gasteiger partial charge is 0.343 e. The van der Waals surface area contributed by atoms with Gasteiger partial charge in [-0.05, 0) is 18.1 Å². The Balaban J connectivity index is 2.06. The van der Waals surface area contributed by atoms with Gasteiger partial charge in [-0.3, -0.25) is 4.57 Å². The van der Waals surface area contributed by atoms with Crippen molar-refractivity contribution < 1.29 is 0 Å². The van der Waals surface area contributed by atoms with Gasteiger partial charge in [-0.1, -0.05) is 36.4 Å². The van der Waals surface area contributed by atoms with Gasteiger partial charge in [0.1, 0.15) is 5.15 Å². The molecule has 0 saturated heterocycles. The Labute approximate surface area is 114 Å². The molecule has 0 aliphatic carbocycles. The zero-order valence-electron chi connectivity index (χ0n) is 9.89. The minimum Gasteiger partial charge on any atom is -0.270 e. The molecule has 0 radical (unpaired) electrons. The van der Waals surface area contributed by atoms with E-state index in [0.717, 1.165) is 12.0 Å². The molecule has 2 rings (SSSR count). The van der Waals surface area contributed by atoms with Crippen LogP contribution >= 0.6 is 23.4 Å². The van der Waals surface area contributed by atoms with Gasteiger partial charge in [-0.25, -0.2) is 14.9 Å². The molecule has 0 aliphatic heterocycles. The zero-order chi connectivity index (χ0) is 13.0. The Kier molecular flexibility index (Phi) is 4.43. The van der Waals surface area contributed by atoms with Crippen LogP contribution in [0, 0.1) is 0 Å². The van der Waals surface area contributed by atoms with Crippen LogP contribution < -0.4 is 5.69 Å². The number of halogens is 1. The number of rotatable bonds is 5. The van der Waals surface area contributed by atoms with Crippen LogP contribution in [0.25, 0.3) is 0 Å². The molecular formula is C11H13ClN4OS. The second-order valence-corrected chi connectivity index (χ2v) is 5.07. The molecule has 96 valence electrons. The second kappa shape index (κ2) is 6.06. The molecule has 0 fully saturated rings. The van der Waals surface area contributed by atoms with E-state index in [0.29, 0.717) is 22.6 Å². The Morgan fingerprint density at radius 3 is 3.00 bits per heavy atom. The van der Waals surface area contributed by atoms with Crippen molar-refractivity contribution >= 4 is 23.4 Å². The quantitative estimate of drug-likeness (QED) is 0.676. The van der Waals surface area contributed by atoms with Crippen molar-refractivity contribution in [2.24, 2.45) is 0 Å². The number of hydrogen-bond donors (Lipinski definition) is 1. The van der Waals surface area contributed by atoms with Crippen LogP contribution in [-0.2, 0) is 12.3 Å². The topological polar surface area (TPSA) is 63.6 Å². The number of nitrogens with one attached hydrogen (secondary N) is 1. The monoisotopic (exact) mass is 284 g/mol. The summed E-state index contributed by atoms with van der Waals surface area (Å²) in [6, 6.07) is 3.67. The number of aromatic nitrogens is 4. The highest BCUT2D eigenvalue weighted by molar-refractivity contribution is 7.98. The minimum absolute atomic E-state index is 0.159. The maximum atomic E-state index is 11.5. The first-order chi connectivity index (χ1) is 8.70. The van der Waals surface area contributed by atoms with Gasteiger partial charge < -0.3 is 0 Å². The molecule has 1 N–H and O–H groups in total. The third kappa shape index (κ3) is 3.14. The fourth-order valence-electron chi connectivity index (χ4n) is 1.47. The Morgan fingerprint density at radius 2 is 2.33 bits per heavy atom. The summed E-state index contributed by atoms with van der Waals surface area (Å²) in [6.45, 7) is 2.70. The fraction of sp³-hybridized carbons (Fsp3) is 0.364. The van der Waals surface area contributed by atoms with Gasteiger partial charge in [0.15, 0.2) is 5.16 Å². The summed E-state index contributed by atoms with van der Waals surface area (Å²) in [5, 5.41) is 7.66. The van der Waals surface area contributed by atoms with Crippen LogP contribution in [0.1, 0.15) is 18.9 Å². The lowest BCUT2D eigenvalue weighted by molar-refractivity contribution is 0.604. The smallest absolute Gasteiger partial charge is 0.270 e. The van der Waals surface area contributed by atoms with Gasteiger partial charge in [-0.2, -0.15) is 0 Å². The molecule has 0 amide bonds. The van der Waals surface area contributed by atoms with Crippen molar-refractivity contribution in [3.63, 3.8) is 0 Å². The number of H-pyrrole nitrogens is 1. The van der Waals surface area contributed by atoms with Crippen LogP contribution in [0.4, 0.5) is 0 Å². The molecule has 0 saturated carbocycles. The molecule has 18 heavy (non-hydrogen) atoms. The summed E-state index contributed by atoms with van der Waals surface area (Å²) >= 11 is 7.22. The van der Waals surface area contributed by atoms with E-state index in [4.69, 9.17) is 11.6 Å². The first-order valence-electron chi connectivity index (χ1n) is 5.59. The summed E-state index contributed by atoms with van der Waals surface area (Å²) < 4.78 is 1.65. The molecular weight excluding hydrogens is 272 g/mol. The molecule has 0 aromatic carbocycles. The van der Waals surface area contributed by atoms with Gasteiger partial charge in [0.25, 0.3) is 0 Å². The van der Waals surface area contributed by atoms with E-state index in [1.807, 2.05) is 13.0 Å². The molecule has 5 nitrogen and oxygen atoms in total. The van der Waals surface area contributed by atoms with E-state index < -0.39 is 0 Å². The van der Waals surface area contributed by atoms with Gasteiger partial charge >= 0.3 is 5.69 Å². The van der Waals surface area contributed by atoms with Crippen molar-refractivity contribution in [3.8, 4) is 0 Å². The summed E-state index contributed by atoms with van der Waals surface area (Å²) in [5.74, 6) is 0.707. The SMILES string of the molecule is CCCn1c(SCc2ccc(Cl)nc2)n[nH]c1=O. The first kappa shape index (κ1) is 13.2. The van der Waals surface area contributed by atoms with E-state index in [1.165, 1.54) is 11.8 Å². The summed E-state index contributed by atoms with van der Waals surface area (Å²) in [7, 11) is 0. The lowest BCUT2D eigenvalue weighted by Crippen LogP contribution is -2.17. The standard InChI is InChI=1S/C11H13ClN4OS/c1-2-5-16-10(17)14-15-11(16)18-7-8-3-4-9(12)13-6-8/h3-4,6H,2,5,7H2,1H3,(H,14,17). The number of nitrogens with zero attached hydrogens (tertiary/aromatic N) is 3. The highest BCUT2D eigenvalue weighted by Gasteiger charge is 2.08. The molecule has 7 heteroatoms. The van der Waals surface area contributed by atoms with Crippen LogP contribution in [-0.4, -0.2) is 19.7 Å². The third-order valence-electron chi connectivity index (χ3n) is 2.33. The molecule has 0 atom stereocenters. The van der Waals surface area contributed by atoms with E-state index in [-0.39, 0.29) is 5.69 Å². The van der Waals surface area contributed by atoms with E-state index >= 15 is 0 Å². The maximum Gasteiger partial charge on any atom is 0.343 e. The summed E-state index contributed by atoms with van der Waals surface area (Å²) in [4.78, 5) is 15.5. The highest BCUT2D eigenvalue weighted by atomic mass is 35.5. The third-order valence-corrected chi connectivity index (χ3v) is 3.60. The number of hydrogen-bond acceptors (Lipinski definition) is 4. The van der Waals surface area contributed by atoms with Crippen LogP contribution in [0.2, 0.25) is 5.15 Å². The average Bonchev–Trinajstić information content (AvgIpc) is 2.71. The average molecular weight is 285 g/mol. The molecule has 0 spiro atoms. The number of pyridine rings is 1. The van der Waals surface area contributed by atoms with Crippen LogP contribution in [0.5, 0.6) is 0 Å². The molecule has 2 heterocycles. The van der Waals surface area contributed by atoms with E-state index in [1.54, 1.807) is 16.8 Å². The lowest BCUT2D eigenvalue weighted by atomic mass is 10.3.